The van der Waals surface area contributed by atoms with E-state index < -0.39 is 0 Å². The first-order valence-electron chi connectivity index (χ1n) is 3.67. The molecule has 1 aromatic carbocycles. The summed E-state index contributed by atoms with van der Waals surface area (Å²) in [6.07, 6.45) is 0. The van der Waals surface area contributed by atoms with Crippen LogP contribution in [0.1, 0.15) is 12.5 Å². The van der Waals surface area contributed by atoms with Gasteiger partial charge in [0, 0.05) is 12.6 Å². The van der Waals surface area contributed by atoms with Gasteiger partial charge in [-0.15, -0.1) is 0 Å². The summed E-state index contributed by atoms with van der Waals surface area (Å²) in [6.45, 7) is 1.18. The Bertz CT molecular complexity index is 284. The van der Waals surface area contributed by atoms with E-state index in [1.54, 1.807) is 24.3 Å². The molecule has 1 rings (SSSR count). The monoisotopic (exact) mass is 164 g/mol. The highest BCUT2D eigenvalue weighted by Crippen LogP contribution is 2.10. The summed E-state index contributed by atoms with van der Waals surface area (Å²) in [4.78, 5) is 10.6. The Hall–Kier alpha value is -1.35. The maximum Gasteiger partial charge on any atom is 0.221 e. The molecule has 0 heterocycles. The molecule has 0 fully saturated rings. The number of anilines is 1. The van der Waals surface area contributed by atoms with Crippen LogP contribution in [0.25, 0.3) is 0 Å². The average molecular weight is 164 g/mol. The largest absolute Gasteiger partial charge is 0.326 e. The zero-order chi connectivity index (χ0) is 8.97. The fourth-order valence-corrected chi connectivity index (χ4v) is 0.942. The van der Waals surface area contributed by atoms with Gasteiger partial charge in [-0.3, -0.25) is 4.79 Å². The van der Waals surface area contributed by atoms with Gasteiger partial charge in [-0.2, -0.15) is 0 Å². The zero-order valence-electron chi connectivity index (χ0n) is 6.83. The van der Waals surface area contributed by atoms with Crippen LogP contribution in [0.2, 0.25) is 0 Å². The summed E-state index contributed by atoms with van der Waals surface area (Å²) >= 11 is 0. The second-order valence-corrected chi connectivity index (χ2v) is 2.53. The molecule has 1 amide bonds. The van der Waals surface area contributed by atoms with E-state index in [0.717, 1.165) is 0 Å². The minimum Gasteiger partial charge on any atom is -0.326 e. The van der Waals surface area contributed by atoms with Gasteiger partial charge in [0.15, 0.2) is 0 Å². The second-order valence-electron chi connectivity index (χ2n) is 2.53. The number of carbonyl (C=O) groups excluding carboxylic acids is 1. The predicted molar refractivity (Wildman–Crippen MR) is 45.1 cm³/mol. The van der Waals surface area contributed by atoms with E-state index in [4.69, 9.17) is 0 Å². The van der Waals surface area contributed by atoms with Gasteiger partial charge in [0.05, 0.1) is 0 Å². The summed E-state index contributed by atoms with van der Waals surface area (Å²) in [6, 6.07) is 6.91. The number of carbonyl (C=O) groups is 1. The molecule has 1 aromatic rings. The van der Waals surface area contributed by atoms with Crippen molar-refractivity contribution in [3.8, 4) is 0 Å². The lowest BCUT2D eigenvalue weighted by molar-refractivity contribution is -0.114. The summed E-state index contributed by atoms with van der Waals surface area (Å²) in [5.41, 5.74) is 1.36. The third kappa shape index (κ3) is 2.36. The van der Waals surface area contributed by atoms with Gasteiger partial charge in [-0.1, -0.05) is 12.1 Å². The van der Waals surface area contributed by atoms with Gasteiger partial charge >= 0.3 is 0 Å². The second kappa shape index (κ2) is 3.88. The van der Waals surface area contributed by atoms with Crippen molar-refractivity contribution < 1.29 is 9.90 Å². The molecule has 1 N–H and O–H groups in total. The molecule has 0 atom stereocenters. The third-order valence-corrected chi connectivity index (χ3v) is 1.41. The molecule has 0 aromatic heterocycles. The van der Waals surface area contributed by atoms with E-state index in [2.05, 4.69) is 5.32 Å². The highest BCUT2D eigenvalue weighted by Gasteiger charge is 1.96. The van der Waals surface area contributed by atoms with E-state index in [-0.39, 0.29) is 12.5 Å². The Labute approximate surface area is 71.0 Å². The molecule has 0 aliphatic carbocycles. The lowest BCUT2D eigenvalue weighted by atomic mass is 10.2. The topological polar surface area (TPSA) is 49.0 Å². The van der Waals surface area contributed by atoms with Crippen molar-refractivity contribution in [1.29, 1.82) is 0 Å². The first kappa shape index (κ1) is 8.74. The van der Waals surface area contributed by atoms with Crippen molar-refractivity contribution >= 4 is 11.6 Å². The standard InChI is InChI=1S/C9H10NO2/c1-7(12)10-9-4-2-3-8(5-9)6-11/h2-5H,6H2,1H3,(H,10,12). The number of rotatable bonds is 2. The Kier molecular flexibility index (Phi) is 2.82. The maximum atomic E-state index is 10.6. The van der Waals surface area contributed by atoms with Gasteiger partial charge in [0.25, 0.3) is 0 Å². The van der Waals surface area contributed by atoms with Crippen molar-refractivity contribution in [1.82, 2.24) is 0 Å². The van der Waals surface area contributed by atoms with E-state index in [9.17, 15) is 9.90 Å². The van der Waals surface area contributed by atoms with Crippen molar-refractivity contribution in [2.24, 2.45) is 0 Å². The molecule has 0 saturated heterocycles. The van der Waals surface area contributed by atoms with Crippen molar-refractivity contribution in [2.75, 3.05) is 5.32 Å². The number of hydrogen-bond donors (Lipinski definition) is 1. The molecule has 0 bridgehead atoms. The first-order chi connectivity index (χ1) is 5.72. The smallest absolute Gasteiger partial charge is 0.221 e. The third-order valence-electron chi connectivity index (χ3n) is 1.41. The fourth-order valence-electron chi connectivity index (χ4n) is 0.942. The Balaban J connectivity index is 2.79. The van der Waals surface area contributed by atoms with Gasteiger partial charge in [-0.25, -0.2) is 5.11 Å². The van der Waals surface area contributed by atoms with Crippen molar-refractivity contribution in [3.63, 3.8) is 0 Å². The van der Waals surface area contributed by atoms with Gasteiger partial charge in [-0.05, 0) is 17.7 Å². The molecular formula is C9H10NO2. The maximum absolute atomic E-state index is 10.6. The van der Waals surface area contributed by atoms with Crippen LogP contribution in [-0.2, 0) is 16.5 Å². The minimum atomic E-state index is -0.257. The number of amides is 1. The molecule has 0 aliphatic heterocycles. The quantitative estimate of drug-likeness (QED) is 0.708. The van der Waals surface area contributed by atoms with Crippen LogP contribution >= 0.6 is 0 Å². The van der Waals surface area contributed by atoms with Crippen LogP contribution in [0.15, 0.2) is 24.3 Å². The molecule has 12 heavy (non-hydrogen) atoms. The van der Waals surface area contributed by atoms with Crippen molar-refractivity contribution in [2.45, 2.75) is 13.5 Å². The van der Waals surface area contributed by atoms with Crippen LogP contribution in [0, 0.1) is 0 Å². The molecule has 1 radical (unpaired) electrons. The fraction of sp³-hybridized carbons (Fsp3) is 0.222. The molecule has 0 spiro atoms. The van der Waals surface area contributed by atoms with E-state index >= 15 is 0 Å². The minimum absolute atomic E-state index is 0.127. The van der Waals surface area contributed by atoms with Gasteiger partial charge < -0.3 is 5.32 Å². The summed E-state index contributed by atoms with van der Waals surface area (Å²) < 4.78 is 0. The molecule has 63 valence electrons. The summed E-state index contributed by atoms with van der Waals surface area (Å²) in [5, 5.41) is 13.1. The molecule has 3 heteroatoms. The van der Waals surface area contributed by atoms with Gasteiger partial charge in [0.2, 0.25) is 5.91 Å². The van der Waals surface area contributed by atoms with Crippen LogP contribution in [0.5, 0.6) is 0 Å². The Morgan fingerprint density at radius 3 is 2.83 bits per heavy atom. The van der Waals surface area contributed by atoms with Crippen LogP contribution in [-0.4, -0.2) is 5.91 Å². The predicted octanol–water partition coefficient (Wildman–Crippen LogP) is 1.58. The van der Waals surface area contributed by atoms with Crippen LogP contribution in [0.4, 0.5) is 5.69 Å². The highest BCUT2D eigenvalue weighted by atomic mass is 16.3. The first-order valence-corrected chi connectivity index (χ1v) is 3.67. The van der Waals surface area contributed by atoms with Crippen LogP contribution in [0.3, 0.4) is 0 Å². The lowest BCUT2D eigenvalue weighted by Gasteiger charge is -2.02. The van der Waals surface area contributed by atoms with Gasteiger partial charge in [0.1, 0.15) is 6.61 Å². The van der Waals surface area contributed by atoms with E-state index in [1.807, 2.05) is 0 Å². The Morgan fingerprint density at radius 2 is 2.25 bits per heavy atom. The van der Waals surface area contributed by atoms with Crippen LogP contribution < -0.4 is 5.32 Å². The summed E-state index contributed by atoms with van der Waals surface area (Å²) in [5.74, 6) is -0.127. The molecule has 0 aliphatic rings. The number of nitrogens with one attached hydrogen (secondary N) is 1. The summed E-state index contributed by atoms with van der Waals surface area (Å²) in [7, 11) is 0. The normalized spacial score (nSPS) is 9.50. The molecule has 0 saturated carbocycles. The molecule has 0 unspecified atom stereocenters. The van der Waals surface area contributed by atoms with Crippen molar-refractivity contribution in [3.05, 3.63) is 29.8 Å². The Morgan fingerprint density at radius 1 is 1.50 bits per heavy atom. The zero-order valence-corrected chi connectivity index (χ0v) is 6.83. The average Bonchev–Trinajstić information content (AvgIpc) is 2.03. The lowest BCUT2D eigenvalue weighted by Crippen LogP contribution is -2.05. The SMILES string of the molecule is CC(=O)Nc1cccc(C[O])c1. The van der Waals surface area contributed by atoms with E-state index in [1.165, 1.54) is 6.92 Å². The van der Waals surface area contributed by atoms with E-state index in [0.29, 0.717) is 11.3 Å². The number of benzene rings is 1. The number of hydrogen-bond acceptors (Lipinski definition) is 1. The molecule has 3 nitrogen and oxygen atoms in total. The molecular weight excluding hydrogens is 154 g/mol. The highest BCUT2D eigenvalue weighted by molar-refractivity contribution is 5.88.